The van der Waals surface area contributed by atoms with Gasteiger partial charge in [0.2, 0.25) is 0 Å². The summed E-state index contributed by atoms with van der Waals surface area (Å²) in [7, 11) is 0. The van der Waals surface area contributed by atoms with Gasteiger partial charge in [0.25, 0.3) is 0 Å². The van der Waals surface area contributed by atoms with E-state index in [0.717, 1.165) is 5.92 Å². The van der Waals surface area contributed by atoms with Crippen LogP contribution >= 0.6 is 0 Å². The predicted molar refractivity (Wildman–Crippen MR) is 54.7 cm³/mol. The fraction of sp³-hybridized carbons (Fsp3) is 0.636. The Hall–Kier alpha value is -0.760. The third kappa shape index (κ3) is 2.59. The molecule has 1 aromatic rings. The minimum atomic E-state index is 0.900. The normalized spacial score (nSPS) is 23.2. The molecule has 2 heterocycles. The number of aromatic amines is 1. The summed E-state index contributed by atoms with van der Waals surface area (Å²) in [5, 5.41) is 3.45. The van der Waals surface area contributed by atoms with Gasteiger partial charge in [-0.15, -0.1) is 0 Å². The molecule has 0 aliphatic carbocycles. The molecule has 1 fully saturated rings. The van der Waals surface area contributed by atoms with Crippen molar-refractivity contribution in [2.24, 2.45) is 5.92 Å². The molecular weight excluding hydrogens is 160 g/mol. The summed E-state index contributed by atoms with van der Waals surface area (Å²) in [6, 6.07) is 4.25. The Balaban J connectivity index is 1.72. The summed E-state index contributed by atoms with van der Waals surface area (Å²) in [6.45, 7) is 2.44. The average Bonchev–Trinajstić information content (AvgIpc) is 2.69. The minimum absolute atomic E-state index is 0.900. The fourth-order valence-corrected chi connectivity index (χ4v) is 2.05. The van der Waals surface area contributed by atoms with Crippen molar-refractivity contribution in [2.45, 2.75) is 25.7 Å². The summed E-state index contributed by atoms with van der Waals surface area (Å²) in [5.41, 5.74) is 1.38. The Labute approximate surface area is 79.7 Å². The summed E-state index contributed by atoms with van der Waals surface area (Å²) >= 11 is 0. The number of H-pyrrole nitrogens is 1. The van der Waals surface area contributed by atoms with E-state index in [2.05, 4.69) is 22.4 Å². The maximum Gasteiger partial charge on any atom is 0.0147 e. The highest BCUT2D eigenvalue weighted by Crippen LogP contribution is 2.16. The van der Waals surface area contributed by atoms with Crippen LogP contribution in [0, 0.1) is 5.92 Å². The number of hydrogen-bond donors (Lipinski definition) is 2. The van der Waals surface area contributed by atoms with E-state index in [0.29, 0.717) is 0 Å². The average molecular weight is 178 g/mol. The topological polar surface area (TPSA) is 27.8 Å². The first-order chi connectivity index (χ1) is 6.45. The molecule has 2 heteroatoms. The first-order valence-corrected chi connectivity index (χ1v) is 5.28. The molecule has 1 aromatic heterocycles. The zero-order valence-corrected chi connectivity index (χ0v) is 8.05. The Morgan fingerprint density at radius 3 is 3.15 bits per heavy atom. The largest absolute Gasteiger partial charge is 0.365 e. The van der Waals surface area contributed by atoms with Gasteiger partial charge in [-0.25, -0.2) is 0 Å². The van der Waals surface area contributed by atoms with E-state index in [1.54, 1.807) is 0 Å². The molecule has 72 valence electrons. The molecule has 0 spiro atoms. The van der Waals surface area contributed by atoms with Crippen molar-refractivity contribution in [1.29, 1.82) is 0 Å². The van der Waals surface area contributed by atoms with Crippen LogP contribution in [0.2, 0.25) is 0 Å². The van der Waals surface area contributed by atoms with E-state index in [4.69, 9.17) is 0 Å². The predicted octanol–water partition coefficient (Wildman–Crippen LogP) is 1.95. The molecule has 0 amide bonds. The highest BCUT2D eigenvalue weighted by atomic mass is 14.9. The third-order valence-corrected chi connectivity index (χ3v) is 2.88. The van der Waals surface area contributed by atoms with Gasteiger partial charge >= 0.3 is 0 Å². The second-order valence-electron chi connectivity index (χ2n) is 3.95. The molecule has 1 saturated heterocycles. The molecule has 0 saturated carbocycles. The van der Waals surface area contributed by atoms with Gasteiger partial charge in [0.05, 0.1) is 0 Å². The Bertz CT molecular complexity index is 222. The molecule has 0 bridgehead atoms. The van der Waals surface area contributed by atoms with E-state index in [-0.39, 0.29) is 0 Å². The zero-order chi connectivity index (χ0) is 8.93. The van der Waals surface area contributed by atoms with Crippen LogP contribution in [0.1, 0.15) is 25.0 Å². The lowest BCUT2D eigenvalue weighted by molar-refractivity contribution is 0.357. The summed E-state index contributed by atoms with van der Waals surface area (Å²) in [5.74, 6) is 0.900. The van der Waals surface area contributed by atoms with Crippen LogP contribution < -0.4 is 5.32 Å². The van der Waals surface area contributed by atoms with Crippen molar-refractivity contribution in [1.82, 2.24) is 10.3 Å². The number of nitrogens with one attached hydrogen (secondary N) is 2. The van der Waals surface area contributed by atoms with Crippen molar-refractivity contribution >= 4 is 0 Å². The summed E-state index contributed by atoms with van der Waals surface area (Å²) in [6.07, 6.45) is 7.31. The van der Waals surface area contributed by atoms with Gasteiger partial charge in [-0.2, -0.15) is 0 Å². The second-order valence-corrected chi connectivity index (χ2v) is 3.95. The van der Waals surface area contributed by atoms with Gasteiger partial charge in [0.15, 0.2) is 0 Å². The number of rotatable bonds is 3. The molecule has 2 nitrogen and oxygen atoms in total. The molecule has 1 aliphatic rings. The lowest BCUT2D eigenvalue weighted by Crippen LogP contribution is -2.29. The lowest BCUT2D eigenvalue weighted by atomic mass is 9.94. The fourth-order valence-electron chi connectivity index (χ4n) is 2.05. The molecule has 0 aromatic carbocycles. The molecule has 1 unspecified atom stereocenters. The highest BCUT2D eigenvalue weighted by molar-refractivity contribution is 5.03. The molecule has 1 atom stereocenters. The zero-order valence-electron chi connectivity index (χ0n) is 8.05. The van der Waals surface area contributed by atoms with Crippen molar-refractivity contribution in [2.75, 3.05) is 13.1 Å². The van der Waals surface area contributed by atoms with Gasteiger partial charge in [0.1, 0.15) is 0 Å². The van der Waals surface area contributed by atoms with Crippen LogP contribution in [0.15, 0.2) is 18.3 Å². The number of aromatic nitrogens is 1. The molecular formula is C11H18N2. The number of aryl methyl sites for hydroxylation is 1. The molecule has 2 rings (SSSR count). The van der Waals surface area contributed by atoms with Gasteiger partial charge in [-0.05, 0) is 56.8 Å². The van der Waals surface area contributed by atoms with Crippen molar-refractivity contribution in [3.05, 3.63) is 24.0 Å². The molecule has 0 radical (unpaired) electrons. The first kappa shape index (κ1) is 8.82. The first-order valence-electron chi connectivity index (χ1n) is 5.28. The van der Waals surface area contributed by atoms with Gasteiger partial charge in [-0.3, -0.25) is 0 Å². The summed E-state index contributed by atoms with van der Waals surface area (Å²) in [4.78, 5) is 3.26. The number of hydrogen-bond acceptors (Lipinski definition) is 1. The smallest absolute Gasteiger partial charge is 0.0147 e. The van der Waals surface area contributed by atoms with Crippen LogP contribution in [0.5, 0.6) is 0 Å². The Morgan fingerprint density at radius 1 is 1.46 bits per heavy atom. The van der Waals surface area contributed by atoms with E-state index in [1.165, 1.54) is 44.5 Å². The van der Waals surface area contributed by atoms with Gasteiger partial charge in [0, 0.05) is 11.9 Å². The van der Waals surface area contributed by atoms with E-state index in [9.17, 15) is 0 Å². The minimum Gasteiger partial charge on any atom is -0.365 e. The standard InChI is InChI=1S/C11H18N2/c1-3-10(9-12-7-1)5-6-11-4-2-8-13-11/h2,4,8,10,12-13H,1,3,5-7,9H2. The van der Waals surface area contributed by atoms with E-state index < -0.39 is 0 Å². The van der Waals surface area contributed by atoms with Crippen LogP contribution in [-0.2, 0) is 6.42 Å². The van der Waals surface area contributed by atoms with Crippen LogP contribution in [0.25, 0.3) is 0 Å². The van der Waals surface area contributed by atoms with Crippen molar-refractivity contribution in [3.8, 4) is 0 Å². The summed E-state index contributed by atoms with van der Waals surface area (Å²) < 4.78 is 0. The second kappa shape index (κ2) is 4.47. The van der Waals surface area contributed by atoms with Crippen LogP contribution in [0.4, 0.5) is 0 Å². The van der Waals surface area contributed by atoms with Gasteiger partial charge < -0.3 is 10.3 Å². The maximum atomic E-state index is 3.45. The Morgan fingerprint density at radius 2 is 2.46 bits per heavy atom. The molecule has 13 heavy (non-hydrogen) atoms. The monoisotopic (exact) mass is 178 g/mol. The van der Waals surface area contributed by atoms with Gasteiger partial charge in [-0.1, -0.05) is 0 Å². The Kier molecular flexibility index (Phi) is 3.03. The maximum absolute atomic E-state index is 3.45. The van der Waals surface area contributed by atoms with Crippen LogP contribution in [0.3, 0.4) is 0 Å². The molecule has 2 N–H and O–H groups in total. The van der Waals surface area contributed by atoms with Crippen molar-refractivity contribution in [3.63, 3.8) is 0 Å². The van der Waals surface area contributed by atoms with Crippen LogP contribution in [-0.4, -0.2) is 18.1 Å². The molecule has 1 aliphatic heterocycles. The SMILES string of the molecule is c1c[nH]c(CCC2CCCNC2)c1. The van der Waals surface area contributed by atoms with Crippen molar-refractivity contribution < 1.29 is 0 Å². The van der Waals surface area contributed by atoms with E-state index >= 15 is 0 Å². The highest BCUT2D eigenvalue weighted by Gasteiger charge is 2.12. The lowest BCUT2D eigenvalue weighted by Gasteiger charge is -2.22. The third-order valence-electron chi connectivity index (χ3n) is 2.88. The van der Waals surface area contributed by atoms with E-state index in [1.807, 2.05) is 6.20 Å². The number of piperidine rings is 1. The quantitative estimate of drug-likeness (QED) is 0.727.